The highest BCUT2D eigenvalue weighted by Gasteiger charge is 2.21. The van der Waals surface area contributed by atoms with Gasteiger partial charge in [-0.25, -0.2) is 0 Å². The number of allylic oxidation sites excluding steroid dienone is 1. The van der Waals surface area contributed by atoms with E-state index in [0.29, 0.717) is 24.4 Å². The lowest BCUT2D eigenvalue weighted by Crippen LogP contribution is -2.49. The van der Waals surface area contributed by atoms with Crippen LogP contribution in [0.3, 0.4) is 0 Å². The summed E-state index contributed by atoms with van der Waals surface area (Å²) >= 11 is 5.94. The summed E-state index contributed by atoms with van der Waals surface area (Å²) in [6.45, 7) is 7.29. The molecule has 1 aliphatic heterocycles. The minimum absolute atomic E-state index is 0.000138. The fourth-order valence-electron chi connectivity index (χ4n) is 3.44. The number of nitrogens with zero attached hydrogens (tertiary/aromatic N) is 2. The summed E-state index contributed by atoms with van der Waals surface area (Å²) in [7, 11) is 0. The highest BCUT2D eigenvalue weighted by atomic mass is 35.5. The van der Waals surface area contributed by atoms with Crippen LogP contribution in [0.5, 0.6) is 5.75 Å². The molecule has 30 heavy (non-hydrogen) atoms. The molecule has 0 spiro atoms. The summed E-state index contributed by atoms with van der Waals surface area (Å²) in [5, 5.41) is 0.739. The number of halogens is 1. The first-order valence-electron chi connectivity index (χ1n) is 10.1. The van der Waals surface area contributed by atoms with E-state index in [1.54, 1.807) is 18.2 Å². The van der Waals surface area contributed by atoms with Gasteiger partial charge in [0.2, 0.25) is 0 Å². The first kappa shape index (κ1) is 22.1. The number of Topliss-reactive ketones (excluding diaryl/α,β-unsaturated/α-hetero) is 1. The topological polar surface area (TPSA) is 49.9 Å². The summed E-state index contributed by atoms with van der Waals surface area (Å²) in [5.41, 5.74) is 2.64. The van der Waals surface area contributed by atoms with Gasteiger partial charge in [0.05, 0.1) is 0 Å². The smallest absolute Gasteiger partial charge is 0.260 e. The third-order valence-corrected chi connectivity index (χ3v) is 5.41. The summed E-state index contributed by atoms with van der Waals surface area (Å²) in [6.07, 6.45) is 3.76. The summed E-state index contributed by atoms with van der Waals surface area (Å²) < 4.78 is 5.79. The number of amides is 1. The number of ketones is 1. The second kappa shape index (κ2) is 10.4. The van der Waals surface area contributed by atoms with E-state index in [1.807, 2.05) is 48.2 Å². The highest BCUT2D eigenvalue weighted by Crippen LogP contribution is 2.22. The number of benzene rings is 2. The average molecular weight is 427 g/mol. The molecule has 1 amide bonds. The fraction of sp³-hybridized carbons (Fsp3) is 0.333. The standard InChI is InChI=1S/C24H27ClN2O3/c1-3-4-21-15-20(18(2)28)7-10-23(21)30-17-24(29)27-13-11-26(12-14-27)16-19-5-8-22(25)9-6-19/h3-10,15H,11-14,16-17H2,1-2H3. The van der Waals surface area contributed by atoms with Crippen molar-refractivity contribution >= 4 is 29.4 Å². The molecule has 0 aromatic heterocycles. The Morgan fingerprint density at radius 2 is 1.77 bits per heavy atom. The van der Waals surface area contributed by atoms with E-state index in [1.165, 1.54) is 12.5 Å². The molecule has 0 atom stereocenters. The van der Waals surface area contributed by atoms with Gasteiger partial charge in [-0.3, -0.25) is 14.5 Å². The van der Waals surface area contributed by atoms with Crippen LogP contribution in [0.25, 0.3) is 6.08 Å². The fourth-order valence-corrected chi connectivity index (χ4v) is 3.57. The molecule has 3 rings (SSSR count). The van der Waals surface area contributed by atoms with Crippen LogP contribution in [-0.4, -0.2) is 54.3 Å². The van der Waals surface area contributed by atoms with Gasteiger partial charge in [-0.15, -0.1) is 0 Å². The molecule has 0 radical (unpaired) electrons. The molecule has 158 valence electrons. The monoisotopic (exact) mass is 426 g/mol. The predicted octanol–water partition coefficient (Wildman–Crippen LogP) is 4.30. The van der Waals surface area contributed by atoms with Crippen LogP contribution in [0.15, 0.2) is 48.5 Å². The Morgan fingerprint density at radius 3 is 2.40 bits per heavy atom. The van der Waals surface area contributed by atoms with Gasteiger partial charge < -0.3 is 9.64 Å². The molecule has 2 aromatic rings. The Hall–Kier alpha value is -2.63. The Bertz CT molecular complexity index is 917. The van der Waals surface area contributed by atoms with Gasteiger partial charge in [-0.1, -0.05) is 35.9 Å². The summed E-state index contributed by atoms with van der Waals surface area (Å²) in [6, 6.07) is 13.1. The van der Waals surface area contributed by atoms with E-state index < -0.39 is 0 Å². The minimum atomic E-state index is -0.0248. The number of hydrogen-bond donors (Lipinski definition) is 0. The van der Waals surface area contributed by atoms with Crippen LogP contribution < -0.4 is 4.74 Å². The molecule has 2 aromatic carbocycles. The van der Waals surface area contributed by atoms with E-state index in [9.17, 15) is 9.59 Å². The maximum Gasteiger partial charge on any atom is 0.260 e. The van der Waals surface area contributed by atoms with Crippen LogP contribution >= 0.6 is 11.6 Å². The predicted molar refractivity (Wildman–Crippen MR) is 120 cm³/mol. The van der Waals surface area contributed by atoms with E-state index in [4.69, 9.17) is 16.3 Å². The maximum atomic E-state index is 12.6. The van der Waals surface area contributed by atoms with E-state index in [2.05, 4.69) is 4.90 Å². The normalized spacial score (nSPS) is 14.8. The second-order valence-corrected chi connectivity index (χ2v) is 7.82. The van der Waals surface area contributed by atoms with Crippen molar-refractivity contribution in [2.45, 2.75) is 20.4 Å². The van der Waals surface area contributed by atoms with Crippen LogP contribution in [0.4, 0.5) is 0 Å². The van der Waals surface area contributed by atoms with Gasteiger partial charge in [0.25, 0.3) is 5.91 Å². The number of rotatable bonds is 7. The van der Waals surface area contributed by atoms with Gasteiger partial charge in [0, 0.05) is 48.9 Å². The molecule has 0 unspecified atom stereocenters. The van der Waals surface area contributed by atoms with Gasteiger partial charge in [0.1, 0.15) is 5.75 Å². The van der Waals surface area contributed by atoms with Crippen LogP contribution in [0.2, 0.25) is 5.02 Å². The largest absolute Gasteiger partial charge is 0.483 e. The van der Waals surface area contributed by atoms with Crippen molar-refractivity contribution in [1.29, 1.82) is 0 Å². The SMILES string of the molecule is CC=Cc1cc(C(C)=O)ccc1OCC(=O)N1CCN(Cc2ccc(Cl)cc2)CC1. The number of ether oxygens (including phenoxy) is 1. The molecule has 0 aliphatic carbocycles. The number of carbonyl (C=O) groups is 2. The quantitative estimate of drug-likeness (QED) is 0.619. The van der Waals surface area contributed by atoms with Crippen LogP contribution in [-0.2, 0) is 11.3 Å². The number of piperazine rings is 1. The first-order valence-corrected chi connectivity index (χ1v) is 10.5. The minimum Gasteiger partial charge on any atom is -0.483 e. The van der Waals surface area contributed by atoms with Gasteiger partial charge in [0.15, 0.2) is 12.4 Å². The van der Waals surface area contributed by atoms with E-state index in [-0.39, 0.29) is 18.3 Å². The van der Waals surface area contributed by atoms with Crippen LogP contribution in [0.1, 0.15) is 35.3 Å². The van der Waals surface area contributed by atoms with Crippen molar-refractivity contribution in [3.8, 4) is 5.75 Å². The zero-order chi connectivity index (χ0) is 21.5. The van der Waals surface area contributed by atoms with Crippen molar-refractivity contribution in [2.75, 3.05) is 32.8 Å². The first-order chi connectivity index (χ1) is 14.5. The Kier molecular flexibility index (Phi) is 7.66. The molecule has 5 nitrogen and oxygen atoms in total. The summed E-state index contributed by atoms with van der Waals surface area (Å²) in [5.74, 6) is 0.580. The van der Waals surface area contributed by atoms with Crippen molar-refractivity contribution < 1.29 is 14.3 Å². The third-order valence-electron chi connectivity index (χ3n) is 5.16. The van der Waals surface area contributed by atoms with Gasteiger partial charge >= 0.3 is 0 Å². The molecular weight excluding hydrogens is 400 g/mol. The lowest BCUT2D eigenvalue weighted by Gasteiger charge is -2.34. The molecule has 6 heteroatoms. The van der Waals surface area contributed by atoms with Crippen molar-refractivity contribution in [1.82, 2.24) is 9.80 Å². The molecule has 0 bridgehead atoms. The third kappa shape index (κ3) is 5.94. The molecule has 1 aliphatic rings. The molecular formula is C24H27ClN2O3. The Morgan fingerprint density at radius 1 is 1.07 bits per heavy atom. The average Bonchev–Trinajstić information content (AvgIpc) is 2.75. The Balaban J connectivity index is 1.51. The molecule has 0 saturated carbocycles. The maximum absolute atomic E-state index is 12.6. The number of carbonyl (C=O) groups excluding carboxylic acids is 2. The second-order valence-electron chi connectivity index (χ2n) is 7.38. The van der Waals surface area contributed by atoms with E-state index >= 15 is 0 Å². The van der Waals surface area contributed by atoms with Crippen LogP contribution in [0, 0.1) is 0 Å². The van der Waals surface area contributed by atoms with E-state index in [0.717, 1.165) is 30.2 Å². The lowest BCUT2D eigenvalue weighted by molar-refractivity contribution is -0.135. The molecule has 0 N–H and O–H groups in total. The molecule has 1 saturated heterocycles. The van der Waals surface area contributed by atoms with Crippen molar-refractivity contribution in [2.24, 2.45) is 0 Å². The van der Waals surface area contributed by atoms with Crippen molar-refractivity contribution in [3.63, 3.8) is 0 Å². The van der Waals surface area contributed by atoms with Gasteiger partial charge in [-0.2, -0.15) is 0 Å². The van der Waals surface area contributed by atoms with Gasteiger partial charge in [-0.05, 0) is 49.7 Å². The van der Waals surface area contributed by atoms with Crippen molar-refractivity contribution in [3.05, 3.63) is 70.3 Å². The summed E-state index contributed by atoms with van der Waals surface area (Å²) in [4.78, 5) is 28.4. The zero-order valence-corrected chi connectivity index (χ0v) is 18.2. The molecule has 1 fully saturated rings. The molecule has 1 heterocycles. The Labute approximate surface area is 182 Å². The lowest BCUT2D eigenvalue weighted by atomic mass is 10.1. The zero-order valence-electron chi connectivity index (χ0n) is 17.4. The highest BCUT2D eigenvalue weighted by molar-refractivity contribution is 6.30. The number of hydrogen-bond acceptors (Lipinski definition) is 4.